The second-order valence-corrected chi connectivity index (χ2v) is 5.39. The Morgan fingerprint density at radius 3 is 2.75 bits per heavy atom. The Morgan fingerprint density at radius 2 is 2.06 bits per heavy atom. The van der Waals surface area contributed by atoms with Crippen LogP contribution in [0.25, 0.3) is 0 Å². The third kappa shape index (κ3) is 2.96. The molecular formula is C13H26N2O. The molecular weight excluding hydrogens is 200 g/mol. The van der Waals surface area contributed by atoms with Crippen LogP contribution in [0.5, 0.6) is 0 Å². The minimum atomic E-state index is 0.431. The molecule has 2 aliphatic rings. The van der Waals surface area contributed by atoms with Crippen molar-refractivity contribution >= 4 is 0 Å². The number of hydrogen-bond acceptors (Lipinski definition) is 3. The highest BCUT2D eigenvalue weighted by Crippen LogP contribution is 2.25. The molecule has 3 heteroatoms. The normalized spacial score (nSPS) is 37.5. The molecule has 2 rings (SSSR count). The van der Waals surface area contributed by atoms with Crippen molar-refractivity contribution in [3.63, 3.8) is 0 Å². The van der Waals surface area contributed by atoms with E-state index in [2.05, 4.69) is 12.2 Å². The number of nitrogens with two attached hydrogens (primary N) is 1. The van der Waals surface area contributed by atoms with Crippen LogP contribution in [0.15, 0.2) is 0 Å². The summed E-state index contributed by atoms with van der Waals surface area (Å²) in [6.45, 7) is 4.04. The first-order valence-electron chi connectivity index (χ1n) is 6.89. The fourth-order valence-electron chi connectivity index (χ4n) is 3.15. The van der Waals surface area contributed by atoms with E-state index in [4.69, 9.17) is 10.5 Å². The zero-order valence-corrected chi connectivity index (χ0v) is 10.5. The maximum absolute atomic E-state index is 5.85. The highest BCUT2D eigenvalue weighted by Gasteiger charge is 2.29. The molecule has 0 aromatic heterocycles. The van der Waals surface area contributed by atoms with E-state index in [1.807, 2.05) is 0 Å². The Hall–Kier alpha value is -0.120. The van der Waals surface area contributed by atoms with Crippen LogP contribution < -0.4 is 11.1 Å². The molecule has 1 heterocycles. The van der Waals surface area contributed by atoms with Crippen molar-refractivity contribution in [2.24, 2.45) is 11.7 Å². The number of hydrogen-bond donors (Lipinski definition) is 2. The van der Waals surface area contributed by atoms with Crippen molar-refractivity contribution in [1.82, 2.24) is 5.32 Å². The monoisotopic (exact) mass is 226 g/mol. The average molecular weight is 226 g/mol. The van der Waals surface area contributed by atoms with Crippen LogP contribution in [0.2, 0.25) is 0 Å². The number of ether oxygens (including phenoxy) is 1. The molecule has 1 saturated carbocycles. The first kappa shape index (κ1) is 12.3. The summed E-state index contributed by atoms with van der Waals surface area (Å²) in [5.74, 6) is 0.678. The fourth-order valence-corrected chi connectivity index (χ4v) is 3.15. The molecule has 4 unspecified atom stereocenters. The summed E-state index contributed by atoms with van der Waals surface area (Å²) < 4.78 is 5.73. The lowest BCUT2D eigenvalue weighted by molar-refractivity contribution is 0.0731. The van der Waals surface area contributed by atoms with Gasteiger partial charge in [-0.1, -0.05) is 12.8 Å². The summed E-state index contributed by atoms with van der Waals surface area (Å²) in [5.41, 5.74) is 5.85. The summed E-state index contributed by atoms with van der Waals surface area (Å²) in [6, 6.07) is 1.11. The van der Waals surface area contributed by atoms with E-state index in [-0.39, 0.29) is 0 Å². The van der Waals surface area contributed by atoms with E-state index in [0.29, 0.717) is 24.1 Å². The molecule has 4 atom stereocenters. The predicted octanol–water partition coefficient (Wildman–Crippen LogP) is 1.66. The summed E-state index contributed by atoms with van der Waals surface area (Å²) in [7, 11) is 0. The smallest absolute Gasteiger partial charge is 0.0726 e. The van der Waals surface area contributed by atoms with Crippen LogP contribution in [0.4, 0.5) is 0 Å². The van der Waals surface area contributed by atoms with Gasteiger partial charge < -0.3 is 15.8 Å². The molecule has 94 valence electrons. The van der Waals surface area contributed by atoms with E-state index in [9.17, 15) is 0 Å². The first-order valence-corrected chi connectivity index (χ1v) is 6.89. The van der Waals surface area contributed by atoms with Gasteiger partial charge in [0.2, 0.25) is 0 Å². The highest BCUT2D eigenvalue weighted by atomic mass is 16.5. The van der Waals surface area contributed by atoms with Gasteiger partial charge in [0.25, 0.3) is 0 Å². The maximum Gasteiger partial charge on any atom is 0.0726 e. The summed E-state index contributed by atoms with van der Waals surface area (Å²) in [6.07, 6.45) is 8.17. The number of nitrogens with one attached hydrogen (secondary N) is 1. The Labute approximate surface area is 99.1 Å². The molecule has 1 saturated heterocycles. The molecule has 0 spiro atoms. The van der Waals surface area contributed by atoms with Crippen molar-refractivity contribution in [1.29, 1.82) is 0 Å². The van der Waals surface area contributed by atoms with Gasteiger partial charge in [-0.3, -0.25) is 0 Å². The van der Waals surface area contributed by atoms with Gasteiger partial charge in [-0.05, 0) is 45.1 Å². The van der Waals surface area contributed by atoms with Gasteiger partial charge in [-0.25, -0.2) is 0 Å². The van der Waals surface area contributed by atoms with Gasteiger partial charge in [0.1, 0.15) is 0 Å². The van der Waals surface area contributed by atoms with Gasteiger partial charge in [0.15, 0.2) is 0 Å². The quantitative estimate of drug-likeness (QED) is 0.766. The number of rotatable bonds is 4. The maximum atomic E-state index is 5.85. The Kier molecular flexibility index (Phi) is 4.62. The Balaban J connectivity index is 1.81. The zero-order chi connectivity index (χ0) is 11.4. The highest BCUT2D eigenvalue weighted by molar-refractivity contribution is 4.86. The van der Waals surface area contributed by atoms with Crippen LogP contribution in [-0.4, -0.2) is 31.3 Å². The molecule has 0 radical (unpaired) electrons. The third-order valence-corrected chi connectivity index (χ3v) is 4.21. The van der Waals surface area contributed by atoms with Crippen molar-refractivity contribution < 1.29 is 4.74 Å². The largest absolute Gasteiger partial charge is 0.377 e. The molecule has 0 aromatic carbocycles. The molecule has 0 aromatic rings. The first-order chi connectivity index (χ1) is 7.81. The SMILES string of the molecule is CC(NC1CCCCC1CN)C1CCCO1. The molecule has 2 fully saturated rings. The lowest BCUT2D eigenvalue weighted by Crippen LogP contribution is -2.49. The van der Waals surface area contributed by atoms with Gasteiger partial charge in [0, 0.05) is 18.7 Å². The van der Waals surface area contributed by atoms with Crippen LogP contribution in [0.3, 0.4) is 0 Å². The lowest BCUT2D eigenvalue weighted by Gasteiger charge is -2.35. The molecule has 3 nitrogen and oxygen atoms in total. The summed E-state index contributed by atoms with van der Waals surface area (Å²) in [5, 5.41) is 3.76. The summed E-state index contributed by atoms with van der Waals surface area (Å²) in [4.78, 5) is 0. The van der Waals surface area contributed by atoms with Gasteiger partial charge in [-0.2, -0.15) is 0 Å². The van der Waals surface area contributed by atoms with Crippen molar-refractivity contribution in [3.05, 3.63) is 0 Å². The predicted molar refractivity (Wildman–Crippen MR) is 66.4 cm³/mol. The molecule has 16 heavy (non-hydrogen) atoms. The molecule has 3 N–H and O–H groups in total. The zero-order valence-electron chi connectivity index (χ0n) is 10.5. The molecule has 0 bridgehead atoms. The van der Waals surface area contributed by atoms with E-state index in [1.165, 1.54) is 38.5 Å². The summed E-state index contributed by atoms with van der Waals surface area (Å²) >= 11 is 0. The van der Waals surface area contributed by atoms with Crippen LogP contribution in [0.1, 0.15) is 45.4 Å². The Morgan fingerprint density at radius 1 is 1.25 bits per heavy atom. The fraction of sp³-hybridized carbons (Fsp3) is 1.00. The van der Waals surface area contributed by atoms with Crippen LogP contribution in [-0.2, 0) is 4.74 Å². The second kappa shape index (κ2) is 5.99. The van der Waals surface area contributed by atoms with Gasteiger partial charge in [0.05, 0.1) is 6.10 Å². The van der Waals surface area contributed by atoms with E-state index in [1.54, 1.807) is 0 Å². The van der Waals surface area contributed by atoms with E-state index in [0.717, 1.165) is 13.2 Å². The van der Waals surface area contributed by atoms with E-state index < -0.39 is 0 Å². The Bertz CT molecular complexity index is 204. The molecule has 1 aliphatic heterocycles. The van der Waals surface area contributed by atoms with Crippen LogP contribution >= 0.6 is 0 Å². The standard InChI is InChI=1S/C13H26N2O/c1-10(13-7-4-8-16-13)15-12-6-3-2-5-11(12)9-14/h10-13,15H,2-9,14H2,1H3. The molecule has 0 amide bonds. The van der Waals surface area contributed by atoms with Crippen LogP contribution in [0, 0.1) is 5.92 Å². The third-order valence-electron chi connectivity index (χ3n) is 4.21. The van der Waals surface area contributed by atoms with Crippen molar-refractivity contribution in [2.75, 3.05) is 13.2 Å². The second-order valence-electron chi connectivity index (χ2n) is 5.39. The topological polar surface area (TPSA) is 47.3 Å². The minimum Gasteiger partial charge on any atom is -0.377 e. The minimum absolute atomic E-state index is 0.431. The van der Waals surface area contributed by atoms with Gasteiger partial charge >= 0.3 is 0 Å². The molecule has 1 aliphatic carbocycles. The van der Waals surface area contributed by atoms with Crippen molar-refractivity contribution in [2.45, 2.75) is 63.6 Å². The van der Waals surface area contributed by atoms with Crippen molar-refractivity contribution in [3.8, 4) is 0 Å². The lowest BCUT2D eigenvalue weighted by atomic mass is 9.84. The van der Waals surface area contributed by atoms with Gasteiger partial charge in [-0.15, -0.1) is 0 Å². The van der Waals surface area contributed by atoms with E-state index >= 15 is 0 Å². The average Bonchev–Trinajstić information content (AvgIpc) is 2.83.